The van der Waals surface area contributed by atoms with Gasteiger partial charge in [0.15, 0.2) is 8.07 Å². The van der Waals surface area contributed by atoms with Crippen molar-refractivity contribution in [1.82, 2.24) is 4.57 Å². The molecule has 0 bridgehead atoms. The minimum absolute atomic E-state index is 0.103. The van der Waals surface area contributed by atoms with Crippen molar-refractivity contribution >= 4 is 79.8 Å². The maximum Gasteiger partial charge on any atom is 0.336 e. The fourth-order valence-electron chi connectivity index (χ4n) is 11.0. The average molecular weight is 845 g/mol. The van der Waals surface area contributed by atoms with Crippen molar-refractivity contribution in [1.29, 1.82) is 0 Å². The van der Waals surface area contributed by atoms with Gasteiger partial charge in [-0.05, 0) is 104 Å². The molecule has 0 atom stereocenters. The Morgan fingerprint density at radius 2 is 0.923 bits per heavy atom. The van der Waals surface area contributed by atoms with E-state index in [0.717, 1.165) is 45.2 Å². The first-order chi connectivity index (χ1) is 32.3. The Morgan fingerprint density at radius 3 is 1.57 bits per heavy atom. The molecule has 10 aromatic carbocycles. The molecule has 0 amide bonds. The van der Waals surface area contributed by atoms with Crippen LogP contribution in [0.4, 0.5) is 11.4 Å². The van der Waals surface area contributed by atoms with Crippen LogP contribution >= 0.6 is 0 Å². The topological polar surface area (TPSA) is 17.4 Å². The molecule has 0 radical (unpaired) electrons. The number of para-hydroxylation sites is 4. The first-order valence-corrected chi connectivity index (χ1v) is 24.5. The van der Waals surface area contributed by atoms with Crippen molar-refractivity contribution < 1.29 is 4.74 Å². The molecule has 304 valence electrons. The molecule has 65 heavy (non-hydrogen) atoms. The van der Waals surface area contributed by atoms with E-state index in [4.69, 9.17) is 4.74 Å². The number of anilines is 2. The van der Waals surface area contributed by atoms with Crippen LogP contribution in [-0.4, -0.2) is 19.5 Å². The summed E-state index contributed by atoms with van der Waals surface area (Å²) in [6.07, 6.45) is 0. The van der Waals surface area contributed by atoms with Gasteiger partial charge in [-0.2, -0.15) is 0 Å². The number of rotatable bonds is 7. The quantitative estimate of drug-likeness (QED) is 0.117. The standard InChI is InChI=1S/C60H41BN2OSi/c1-5-21-44(22-6-1)63-57-37-36-45(62-55-33-16-13-30-50(55)51-31-14-17-34-56(51)62)41-52(57)53-39-43(40-59-60(53)61(63)54-32-15-18-35-58(54)64-59)42-20-19-29-49(38-42)65(46-23-7-2-8-24-46,47-25-9-3-10-26-47)48-27-11-4-12-28-48/h1-41H. The van der Waals surface area contributed by atoms with E-state index in [-0.39, 0.29) is 6.85 Å². The second-order valence-corrected chi connectivity index (χ2v) is 21.0. The molecule has 0 N–H and O–H groups in total. The van der Waals surface area contributed by atoms with Crippen molar-refractivity contribution in [2.24, 2.45) is 0 Å². The Labute approximate surface area is 380 Å². The Morgan fingerprint density at radius 1 is 0.369 bits per heavy atom. The van der Waals surface area contributed by atoms with E-state index in [2.05, 4.69) is 258 Å². The number of ether oxygens (including phenoxy) is 1. The van der Waals surface area contributed by atoms with Crippen LogP contribution in [0.5, 0.6) is 11.5 Å². The van der Waals surface area contributed by atoms with Gasteiger partial charge in [-0.1, -0.05) is 188 Å². The third kappa shape index (κ3) is 5.76. The third-order valence-corrected chi connectivity index (χ3v) is 18.5. The first-order valence-electron chi connectivity index (χ1n) is 22.5. The molecule has 2 aliphatic heterocycles. The number of fused-ring (bicyclic) bond motifs is 7. The molecule has 5 heteroatoms. The molecular weight excluding hydrogens is 804 g/mol. The van der Waals surface area contributed by atoms with E-state index in [1.165, 1.54) is 59.1 Å². The number of benzene rings is 10. The van der Waals surface area contributed by atoms with Gasteiger partial charge in [0.2, 0.25) is 0 Å². The predicted molar refractivity (Wildman–Crippen MR) is 275 cm³/mol. The van der Waals surface area contributed by atoms with Crippen molar-refractivity contribution in [3.63, 3.8) is 0 Å². The van der Waals surface area contributed by atoms with Crippen LogP contribution in [0.1, 0.15) is 0 Å². The summed E-state index contributed by atoms with van der Waals surface area (Å²) in [5.74, 6) is 1.77. The summed E-state index contributed by atoms with van der Waals surface area (Å²) in [7, 11) is -2.79. The van der Waals surface area contributed by atoms with Crippen LogP contribution in [0, 0.1) is 0 Å². The summed E-state index contributed by atoms with van der Waals surface area (Å²) >= 11 is 0. The smallest absolute Gasteiger partial charge is 0.336 e. The molecule has 0 aliphatic carbocycles. The van der Waals surface area contributed by atoms with E-state index in [9.17, 15) is 0 Å². The zero-order valence-electron chi connectivity index (χ0n) is 35.6. The summed E-state index contributed by atoms with van der Waals surface area (Å²) in [6.45, 7) is -0.103. The predicted octanol–water partition coefficient (Wildman–Crippen LogP) is 10.9. The third-order valence-electron chi connectivity index (χ3n) is 13.8. The average Bonchev–Trinajstić information content (AvgIpc) is 3.72. The Hall–Kier alpha value is -8.12. The molecule has 11 aromatic rings. The monoisotopic (exact) mass is 844 g/mol. The number of hydrogen-bond donors (Lipinski definition) is 0. The fourth-order valence-corrected chi connectivity index (χ4v) is 15.8. The van der Waals surface area contributed by atoms with E-state index in [1.54, 1.807) is 0 Å². The summed E-state index contributed by atoms with van der Waals surface area (Å²) in [5, 5.41) is 7.88. The van der Waals surface area contributed by atoms with Crippen LogP contribution in [0.25, 0.3) is 49.7 Å². The van der Waals surface area contributed by atoms with Gasteiger partial charge in [-0.15, -0.1) is 0 Å². The fraction of sp³-hybridized carbons (Fsp3) is 0. The highest BCUT2D eigenvalue weighted by Crippen LogP contribution is 2.46. The molecule has 13 rings (SSSR count). The highest BCUT2D eigenvalue weighted by molar-refractivity contribution is 7.20. The van der Waals surface area contributed by atoms with E-state index in [1.807, 2.05) is 0 Å². The summed E-state index contributed by atoms with van der Waals surface area (Å²) < 4.78 is 9.51. The number of nitrogens with zero attached hydrogens (tertiary/aromatic N) is 2. The molecule has 0 fully saturated rings. The van der Waals surface area contributed by atoms with Crippen LogP contribution in [-0.2, 0) is 0 Å². The zero-order valence-corrected chi connectivity index (χ0v) is 36.6. The minimum atomic E-state index is -2.79. The van der Waals surface area contributed by atoms with Crippen LogP contribution in [0.15, 0.2) is 249 Å². The van der Waals surface area contributed by atoms with Crippen molar-refractivity contribution in [2.45, 2.75) is 0 Å². The lowest BCUT2D eigenvalue weighted by atomic mass is 9.44. The molecular formula is C60H41BN2OSi. The molecule has 0 saturated heterocycles. The van der Waals surface area contributed by atoms with Gasteiger partial charge in [0.1, 0.15) is 11.5 Å². The number of aromatic nitrogens is 1. The molecule has 0 saturated carbocycles. The highest BCUT2D eigenvalue weighted by atomic mass is 28.3. The number of hydrogen-bond acceptors (Lipinski definition) is 2. The van der Waals surface area contributed by atoms with Gasteiger partial charge >= 0.3 is 6.85 Å². The summed E-state index contributed by atoms with van der Waals surface area (Å²) in [5.41, 5.74) is 12.8. The van der Waals surface area contributed by atoms with Crippen LogP contribution in [0.2, 0.25) is 0 Å². The van der Waals surface area contributed by atoms with Crippen LogP contribution in [0.3, 0.4) is 0 Å². The molecule has 1 aromatic heterocycles. The first kappa shape index (κ1) is 37.4. The Balaban J connectivity index is 1.08. The van der Waals surface area contributed by atoms with Crippen molar-refractivity contribution in [2.75, 3.05) is 4.81 Å². The van der Waals surface area contributed by atoms with Gasteiger partial charge in [-0.3, -0.25) is 0 Å². The normalized spacial score (nSPS) is 12.7. The van der Waals surface area contributed by atoms with Gasteiger partial charge in [-0.25, -0.2) is 0 Å². The Bertz CT molecular complexity index is 3440. The van der Waals surface area contributed by atoms with E-state index >= 15 is 0 Å². The second-order valence-electron chi connectivity index (χ2n) is 17.2. The maximum absolute atomic E-state index is 7.09. The molecule has 3 heterocycles. The van der Waals surface area contributed by atoms with Crippen LogP contribution < -0.4 is 41.2 Å². The summed E-state index contributed by atoms with van der Waals surface area (Å²) in [4.78, 5) is 2.53. The minimum Gasteiger partial charge on any atom is -0.458 e. The maximum atomic E-state index is 7.09. The van der Waals surface area contributed by atoms with Gasteiger partial charge < -0.3 is 14.1 Å². The van der Waals surface area contributed by atoms with Crippen molar-refractivity contribution in [3.05, 3.63) is 249 Å². The SMILES string of the molecule is c1ccc(N2B3c4ccccc4Oc4cc(-c5cccc([Si](c6ccccc6)(c6ccccc6)c6ccccc6)c5)cc(c43)-c3cc(-n4c5ccccc5c5ccccc54)ccc32)cc1. The second kappa shape index (κ2) is 15.0. The van der Waals surface area contributed by atoms with E-state index in [0.29, 0.717) is 0 Å². The summed E-state index contributed by atoms with van der Waals surface area (Å²) in [6, 6.07) is 91.6. The Kier molecular flexibility index (Phi) is 8.65. The molecule has 2 aliphatic rings. The van der Waals surface area contributed by atoms with Gasteiger partial charge in [0.05, 0.1) is 11.0 Å². The van der Waals surface area contributed by atoms with E-state index < -0.39 is 8.07 Å². The lowest BCUT2D eigenvalue weighted by Crippen LogP contribution is -2.74. The highest BCUT2D eigenvalue weighted by Gasteiger charge is 2.45. The molecule has 0 spiro atoms. The van der Waals surface area contributed by atoms with Gasteiger partial charge in [0, 0.05) is 38.9 Å². The van der Waals surface area contributed by atoms with Gasteiger partial charge in [0.25, 0.3) is 0 Å². The zero-order chi connectivity index (χ0) is 42.9. The largest absolute Gasteiger partial charge is 0.458 e. The molecule has 0 unspecified atom stereocenters. The lowest BCUT2D eigenvalue weighted by Gasteiger charge is -2.42. The lowest BCUT2D eigenvalue weighted by molar-refractivity contribution is 0.487. The molecule has 3 nitrogen and oxygen atoms in total. The van der Waals surface area contributed by atoms with Crippen molar-refractivity contribution in [3.8, 4) is 39.4 Å².